The summed E-state index contributed by atoms with van der Waals surface area (Å²) in [6.07, 6.45) is 2.88. The number of ketones is 1. The summed E-state index contributed by atoms with van der Waals surface area (Å²) in [6, 6.07) is 3.89. The van der Waals surface area contributed by atoms with Crippen LogP contribution in [0.1, 0.15) is 37.8 Å². The van der Waals surface area contributed by atoms with E-state index < -0.39 is 0 Å². The summed E-state index contributed by atoms with van der Waals surface area (Å²) in [5, 5.41) is 0.741. The number of benzene rings is 1. The maximum atomic E-state index is 11.7. The van der Waals surface area contributed by atoms with Crippen LogP contribution in [-0.2, 0) is 17.6 Å². The molecule has 3 heteroatoms. The Morgan fingerprint density at radius 1 is 1.44 bits per heavy atom. The Morgan fingerprint density at radius 2 is 2.22 bits per heavy atom. The van der Waals surface area contributed by atoms with Crippen LogP contribution in [0.5, 0.6) is 5.75 Å². The third-order valence-corrected chi connectivity index (χ3v) is 3.35. The van der Waals surface area contributed by atoms with Crippen molar-refractivity contribution >= 4 is 17.4 Å². The zero-order chi connectivity index (χ0) is 13.1. The van der Waals surface area contributed by atoms with E-state index in [-0.39, 0.29) is 0 Å². The predicted octanol–water partition coefficient (Wildman–Crippen LogP) is 3.82. The Labute approximate surface area is 113 Å². The normalized spacial score (nSPS) is 13.6. The van der Waals surface area contributed by atoms with Crippen LogP contribution in [0.15, 0.2) is 12.1 Å². The van der Waals surface area contributed by atoms with E-state index in [1.165, 1.54) is 5.56 Å². The van der Waals surface area contributed by atoms with Crippen molar-refractivity contribution in [3.05, 3.63) is 28.3 Å². The highest BCUT2D eigenvalue weighted by Crippen LogP contribution is 2.33. The molecule has 1 aliphatic heterocycles. The molecule has 0 amide bonds. The fourth-order valence-corrected chi connectivity index (χ4v) is 2.63. The Kier molecular flexibility index (Phi) is 4.28. The maximum absolute atomic E-state index is 11.7. The largest absolute Gasteiger partial charge is 0.493 e. The lowest BCUT2D eigenvalue weighted by Crippen LogP contribution is -2.04. The smallest absolute Gasteiger partial charge is 0.133 e. The van der Waals surface area contributed by atoms with Crippen LogP contribution in [-0.4, -0.2) is 12.4 Å². The van der Waals surface area contributed by atoms with Crippen LogP contribution >= 0.6 is 11.6 Å². The van der Waals surface area contributed by atoms with Gasteiger partial charge in [-0.15, -0.1) is 0 Å². The van der Waals surface area contributed by atoms with Gasteiger partial charge in [0, 0.05) is 24.3 Å². The predicted molar refractivity (Wildman–Crippen MR) is 73.4 cm³/mol. The van der Waals surface area contributed by atoms with E-state index in [0.29, 0.717) is 24.5 Å². The highest BCUT2D eigenvalue weighted by atomic mass is 35.5. The molecular formula is C15H19ClO2. The zero-order valence-electron chi connectivity index (χ0n) is 11.0. The summed E-state index contributed by atoms with van der Waals surface area (Å²) in [6.45, 7) is 4.86. The molecular weight excluding hydrogens is 248 g/mol. The third kappa shape index (κ3) is 3.26. The molecule has 0 spiro atoms. The number of rotatable bonds is 5. The van der Waals surface area contributed by atoms with Crippen LogP contribution in [0.25, 0.3) is 0 Å². The van der Waals surface area contributed by atoms with E-state index in [4.69, 9.17) is 16.3 Å². The molecule has 0 saturated carbocycles. The average Bonchev–Trinajstić information content (AvgIpc) is 2.72. The molecule has 0 aliphatic carbocycles. The molecule has 0 N–H and O–H groups in total. The second kappa shape index (κ2) is 5.75. The fraction of sp³-hybridized carbons (Fsp3) is 0.533. The Hall–Kier alpha value is -1.02. The van der Waals surface area contributed by atoms with E-state index in [1.807, 2.05) is 12.1 Å². The Bertz CT molecular complexity index is 452. The Morgan fingerprint density at radius 3 is 2.94 bits per heavy atom. The molecule has 0 fully saturated rings. The number of carbonyl (C=O) groups is 1. The van der Waals surface area contributed by atoms with Crippen molar-refractivity contribution in [2.75, 3.05) is 6.61 Å². The van der Waals surface area contributed by atoms with Gasteiger partial charge in [-0.3, -0.25) is 4.79 Å². The van der Waals surface area contributed by atoms with Crippen molar-refractivity contribution in [1.29, 1.82) is 0 Å². The molecule has 2 rings (SSSR count). The summed E-state index contributed by atoms with van der Waals surface area (Å²) in [7, 11) is 0. The highest BCUT2D eigenvalue weighted by Gasteiger charge is 2.18. The monoisotopic (exact) mass is 266 g/mol. The van der Waals surface area contributed by atoms with Gasteiger partial charge >= 0.3 is 0 Å². The van der Waals surface area contributed by atoms with E-state index in [0.717, 1.165) is 35.8 Å². The van der Waals surface area contributed by atoms with Gasteiger partial charge in [0.25, 0.3) is 0 Å². The van der Waals surface area contributed by atoms with E-state index in [2.05, 4.69) is 13.8 Å². The van der Waals surface area contributed by atoms with Crippen LogP contribution in [0.2, 0.25) is 5.02 Å². The maximum Gasteiger partial charge on any atom is 0.133 e. The summed E-state index contributed by atoms with van der Waals surface area (Å²) >= 11 is 6.09. The Balaban J connectivity index is 2.04. The van der Waals surface area contributed by atoms with Gasteiger partial charge in [0.15, 0.2) is 0 Å². The van der Waals surface area contributed by atoms with E-state index in [9.17, 15) is 4.79 Å². The minimum atomic E-state index is 0.316. The molecule has 1 aliphatic rings. The first-order chi connectivity index (χ1) is 8.56. The molecule has 1 heterocycles. The first kappa shape index (κ1) is 13.4. The number of hydrogen-bond acceptors (Lipinski definition) is 2. The highest BCUT2D eigenvalue weighted by molar-refractivity contribution is 6.30. The van der Waals surface area contributed by atoms with Crippen molar-refractivity contribution in [2.45, 2.75) is 39.5 Å². The lowest BCUT2D eigenvalue weighted by molar-refractivity contribution is -0.119. The third-order valence-electron chi connectivity index (χ3n) is 3.13. The molecule has 0 atom stereocenters. The summed E-state index contributed by atoms with van der Waals surface area (Å²) in [4.78, 5) is 11.7. The standard InChI is InChI=1S/C15H19ClO2/c1-10(2)7-14(17)4-3-11-8-13(16)9-12-5-6-18-15(11)12/h8-10H,3-7H2,1-2H3. The molecule has 0 saturated heterocycles. The average molecular weight is 267 g/mol. The quantitative estimate of drug-likeness (QED) is 0.810. The number of ether oxygens (including phenoxy) is 1. The van der Waals surface area contributed by atoms with Gasteiger partial charge in [0.2, 0.25) is 0 Å². The van der Waals surface area contributed by atoms with Crippen molar-refractivity contribution in [1.82, 2.24) is 0 Å². The molecule has 0 bridgehead atoms. The van der Waals surface area contributed by atoms with Gasteiger partial charge in [-0.2, -0.15) is 0 Å². The minimum absolute atomic E-state index is 0.316. The van der Waals surface area contributed by atoms with Gasteiger partial charge in [-0.1, -0.05) is 25.4 Å². The number of carbonyl (C=O) groups excluding carboxylic acids is 1. The summed E-state index contributed by atoms with van der Waals surface area (Å²) in [5.41, 5.74) is 2.25. The second-order valence-corrected chi connectivity index (χ2v) is 5.72. The molecule has 1 aromatic carbocycles. The number of Topliss-reactive ketones (excluding diaryl/α,β-unsaturated/α-hetero) is 1. The molecule has 2 nitrogen and oxygen atoms in total. The summed E-state index contributed by atoms with van der Waals surface area (Å²) < 4.78 is 5.63. The van der Waals surface area contributed by atoms with Crippen molar-refractivity contribution in [3.8, 4) is 5.75 Å². The van der Waals surface area contributed by atoms with Crippen molar-refractivity contribution in [2.24, 2.45) is 5.92 Å². The second-order valence-electron chi connectivity index (χ2n) is 5.29. The van der Waals surface area contributed by atoms with E-state index in [1.54, 1.807) is 0 Å². The van der Waals surface area contributed by atoms with E-state index >= 15 is 0 Å². The topological polar surface area (TPSA) is 26.3 Å². The van der Waals surface area contributed by atoms with Gasteiger partial charge in [-0.05, 0) is 35.6 Å². The molecule has 98 valence electrons. The number of halogens is 1. The van der Waals surface area contributed by atoms with Crippen molar-refractivity contribution in [3.63, 3.8) is 0 Å². The van der Waals surface area contributed by atoms with Gasteiger partial charge in [0.1, 0.15) is 11.5 Å². The summed E-state index contributed by atoms with van der Waals surface area (Å²) in [5.74, 6) is 1.70. The lowest BCUT2D eigenvalue weighted by Gasteiger charge is -2.09. The molecule has 0 unspecified atom stereocenters. The molecule has 1 aromatic rings. The van der Waals surface area contributed by atoms with Crippen LogP contribution < -0.4 is 4.74 Å². The number of hydrogen-bond donors (Lipinski definition) is 0. The first-order valence-electron chi connectivity index (χ1n) is 6.52. The van der Waals surface area contributed by atoms with Gasteiger partial charge < -0.3 is 4.74 Å². The number of fused-ring (bicyclic) bond motifs is 1. The lowest BCUT2D eigenvalue weighted by atomic mass is 9.99. The van der Waals surface area contributed by atoms with Crippen LogP contribution in [0, 0.1) is 5.92 Å². The minimum Gasteiger partial charge on any atom is -0.493 e. The van der Waals surface area contributed by atoms with Gasteiger partial charge in [-0.25, -0.2) is 0 Å². The van der Waals surface area contributed by atoms with Crippen LogP contribution in [0.3, 0.4) is 0 Å². The number of aryl methyl sites for hydroxylation is 1. The molecule has 0 aromatic heterocycles. The molecule has 18 heavy (non-hydrogen) atoms. The zero-order valence-corrected chi connectivity index (χ0v) is 11.7. The fourth-order valence-electron chi connectivity index (χ4n) is 2.36. The van der Waals surface area contributed by atoms with Gasteiger partial charge in [0.05, 0.1) is 6.61 Å². The SMILES string of the molecule is CC(C)CC(=O)CCc1cc(Cl)cc2c1OCC2. The van der Waals surface area contributed by atoms with Crippen LogP contribution in [0.4, 0.5) is 0 Å². The van der Waals surface area contributed by atoms with Crippen molar-refractivity contribution < 1.29 is 9.53 Å². The first-order valence-corrected chi connectivity index (χ1v) is 6.90. The molecule has 0 radical (unpaired) electrons.